The van der Waals surface area contributed by atoms with Gasteiger partial charge in [-0.25, -0.2) is 9.37 Å². The van der Waals surface area contributed by atoms with Crippen molar-refractivity contribution in [2.45, 2.75) is 11.9 Å². The number of pyridine rings is 1. The number of rotatable bonds is 4. The number of aromatic nitrogens is 1. The topological polar surface area (TPSA) is 33.1 Å². The number of aliphatic hydroxyl groups excluding tert-OH is 1. The summed E-state index contributed by atoms with van der Waals surface area (Å²) in [5.74, 6) is 0.728. The van der Waals surface area contributed by atoms with Gasteiger partial charge >= 0.3 is 0 Å². The Balaban J connectivity index is 2.41. The Morgan fingerprint density at radius 3 is 2.92 bits per heavy atom. The predicted molar refractivity (Wildman–Crippen MR) is 51.2 cm³/mol. The van der Waals surface area contributed by atoms with Crippen molar-refractivity contribution < 1.29 is 9.50 Å². The van der Waals surface area contributed by atoms with Crippen LogP contribution in [0.4, 0.5) is 4.39 Å². The first-order chi connectivity index (χ1) is 6.22. The molecule has 0 bridgehead atoms. The summed E-state index contributed by atoms with van der Waals surface area (Å²) in [6.45, 7) is 2.13. The first kappa shape index (κ1) is 10.5. The largest absolute Gasteiger partial charge is 0.396 e. The smallest absolute Gasteiger partial charge is 0.141 e. The van der Waals surface area contributed by atoms with Crippen molar-refractivity contribution in [2.75, 3.05) is 12.4 Å². The zero-order valence-corrected chi connectivity index (χ0v) is 8.22. The van der Waals surface area contributed by atoms with Gasteiger partial charge in [-0.05, 0) is 18.1 Å². The van der Waals surface area contributed by atoms with E-state index in [0.717, 1.165) is 10.8 Å². The van der Waals surface area contributed by atoms with Crippen molar-refractivity contribution in [1.82, 2.24) is 4.98 Å². The summed E-state index contributed by atoms with van der Waals surface area (Å²) in [5, 5.41) is 9.56. The summed E-state index contributed by atoms with van der Waals surface area (Å²) < 4.78 is 12.4. The fraction of sp³-hybridized carbons (Fsp3) is 0.444. The number of thioether (sulfide) groups is 1. The zero-order chi connectivity index (χ0) is 9.68. The van der Waals surface area contributed by atoms with Crippen molar-refractivity contribution in [1.29, 1.82) is 0 Å². The summed E-state index contributed by atoms with van der Waals surface area (Å²) in [4.78, 5) is 3.89. The molecule has 1 N–H and O–H groups in total. The fourth-order valence-corrected chi connectivity index (χ4v) is 1.58. The van der Waals surface area contributed by atoms with E-state index in [1.165, 1.54) is 24.0 Å². The Labute approximate surface area is 81.2 Å². The molecule has 1 unspecified atom stereocenters. The Bertz CT molecular complexity index is 252. The number of nitrogens with zero attached hydrogens (tertiary/aromatic N) is 1. The van der Waals surface area contributed by atoms with Crippen LogP contribution in [0.25, 0.3) is 0 Å². The third-order valence-electron chi connectivity index (χ3n) is 1.53. The molecule has 0 spiro atoms. The zero-order valence-electron chi connectivity index (χ0n) is 7.40. The van der Waals surface area contributed by atoms with Crippen molar-refractivity contribution in [3.63, 3.8) is 0 Å². The number of hydrogen-bond acceptors (Lipinski definition) is 3. The van der Waals surface area contributed by atoms with Crippen LogP contribution in [-0.4, -0.2) is 22.5 Å². The fourth-order valence-electron chi connectivity index (χ4n) is 0.728. The molecule has 0 amide bonds. The lowest BCUT2D eigenvalue weighted by Gasteiger charge is -2.05. The molecule has 4 heteroatoms. The van der Waals surface area contributed by atoms with Gasteiger partial charge in [0.05, 0.1) is 11.2 Å². The standard InChI is InChI=1S/C9H12FNOS/c1-7(5-12)6-13-9-3-2-8(10)4-11-9/h2-4,7,12H,5-6H2,1H3. The van der Waals surface area contributed by atoms with E-state index in [1.54, 1.807) is 6.07 Å². The van der Waals surface area contributed by atoms with E-state index in [9.17, 15) is 4.39 Å². The quantitative estimate of drug-likeness (QED) is 0.756. The molecule has 0 saturated heterocycles. The molecule has 0 aliphatic carbocycles. The molecule has 0 radical (unpaired) electrons. The summed E-state index contributed by atoms with van der Waals surface area (Å²) >= 11 is 1.52. The third kappa shape index (κ3) is 3.74. The molecule has 1 aromatic rings. The highest BCUT2D eigenvalue weighted by molar-refractivity contribution is 7.99. The first-order valence-electron chi connectivity index (χ1n) is 4.07. The minimum Gasteiger partial charge on any atom is -0.396 e. The van der Waals surface area contributed by atoms with E-state index in [1.807, 2.05) is 6.92 Å². The van der Waals surface area contributed by atoms with Gasteiger partial charge in [0, 0.05) is 12.4 Å². The van der Waals surface area contributed by atoms with E-state index in [2.05, 4.69) is 4.98 Å². The predicted octanol–water partition coefficient (Wildman–Crippen LogP) is 1.94. The molecule has 0 fully saturated rings. The van der Waals surface area contributed by atoms with E-state index in [-0.39, 0.29) is 18.3 Å². The number of hydrogen-bond donors (Lipinski definition) is 1. The minimum absolute atomic E-state index is 0.175. The van der Waals surface area contributed by atoms with Crippen LogP contribution in [-0.2, 0) is 0 Å². The van der Waals surface area contributed by atoms with Crippen LogP contribution in [0.3, 0.4) is 0 Å². The Morgan fingerprint density at radius 1 is 1.62 bits per heavy atom. The lowest BCUT2D eigenvalue weighted by atomic mass is 10.2. The average Bonchev–Trinajstić information content (AvgIpc) is 2.16. The first-order valence-corrected chi connectivity index (χ1v) is 5.06. The Kier molecular flexibility index (Phi) is 4.18. The molecule has 72 valence electrons. The van der Waals surface area contributed by atoms with Crippen LogP contribution in [0, 0.1) is 11.7 Å². The van der Waals surface area contributed by atoms with Gasteiger partial charge < -0.3 is 5.11 Å². The number of aliphatic hydroxyl groups is 1. The van der Waals surface area contributed by atoms with E-state index in [0.29, 0.717) is 0 Å². The molecular formula is C9H12FNOS. The van der Waals surface area contributed by atoms with Gasteiger partial charge in [0.1, 0.15) is 5.82 Å². The minimum atomic E-state index is -0.320. The molecule has 1 heterocycles. The van der Waals surface area contributed by atoms with Crippen LogP contribution < -0.4 is 0 Å². The Hall–Kier alpha value is -0.610. The lowest BCUT2D eigenvalue weighted by Crippen LogP contribution is -2.03. The van der Waals surface area contributed by atoms with Gasteiger partial charge in [-0.1, -0.05) is 6.92 Å². The highest BCUT2D eigenvalue weighted by Crippen LogP contribution is 2.17. The molecule has 1 atom stereocenters. The number of halogens is 1. The molecular weight excluding hydrogens is 189 g/mol. The van der Waals surface area contributed by atoms with Crippen molar-refractivity contribution >= 4 is 11.8 Å². The second-order valence-electron chi connectivity index (χ2n) is 2.91. The molecule has 0 aliphatic heterocycles. The van der Waals surface area contributed by atoms with Crippen LogP contribution in [0.1, 0.15) is 6.92 Å². The van der Waals surface area contributed by atoms with Crippen LogP contribution in [0.15, 0.2) is 23.4 Å². The van der Waals surface area contributed by atoms with Gasteiger partial charge in [0.25, 0.3) is 0 Å². The summed E-state index contributed by atoms with van der Waals surface area (Å²) in [7, 11) is 0. The van der Waals surface area contributed by atoms with Gasteiger partial charge in [0.2, 0.25) is 0 Å². The maximum Gasteiger partial charge on any atom is 0.141 e. The van der Waals surface area contributed by atoms with E-state index >= 15 is 0 Å². The lowest BCUT2D eigenvalue weighted by molar-refractivity contribution is 0.250. The second kappa shape index (κ2) is 5.19. The van der Waals surface area contributed by atoms with Crippen molar-refractivity contribution in [2.24, 2.45) is 5.92 Å². The van der Waals surface area contributed by atoms with Crippen LogP contribution in [0.5, 0.6) is 0 Å². The van der Waals surface area contributed by atoms with Gasteiger partial charge in [-0.2, -0.15) is 0 Å². The van der Waals surface area contributed by atoms with Crippen LogP contribution in [0.2, 0.25) is 0 Å². The SMILES string of the molecule is CC(CO)CSc1ccc(F)cn1. The maximum atomic E-state index is 12.4. The summed E-state index contributed by atoms with van der Waals surface area (Å²) in [6, 6.07) is 3.03. The molecule has 0 saturated carbocycles. The van der Waals surface area contributed by atoms with E-state index in [4.69, 9.17) is 5.11 Å². The molecule has 13 heavy (non-hydrogen) atoms. The molecule has 2 nitrogen and oxygen atoms in total. The summed E-state index contributed by atoms with van der Waals surface area (Å²) in [5.41, 5.74) is 0. The normalized spacial score (nSPS) is 12.8. The van der Waals surface area contributed by atoms with Gasteiger partial charge in [-0.3, -0.25) is 0 Å². The third-order valence-corrected chi connectivity index (χ3v) is 2.80. The summed E-state index contributed by atoms with van der Waals surface area (Å²) in [6.07, 6.45) is 1.20. The van der Waals surface area contributed by atoms with Crippen molar-refractivity contribution in [3.05, 3.63) is 24.1 Å². The second-order valence-corrected chi connectivity index (χ2v) is 3.95. The van der Waals surface area contributed by atoms with Crippen LogP contribution >= 0.6 is 11.8 Å². The molecule has 1 aromatic heterocycles. The highest BCUT2D eigenvalue weighted by Gasteiger charge is 2.02. The van der Waals surface area contributed by atoms with E-state index < -0.39 is 0 Å². The monoisotopic (exact) mass is 201 g/mol. The maximum absolute atomic E-state index is 12.4. The van der Waals surface area contributed by atoms with Gasteiger partial charge in [-0.15, -0.1) is 11.8 Å². The average molecular weight is 201 g/mol. The van der Waals surface area contributed by atoms with Crippen molar-refractivity contribution in [3.8, 4) is 0 Å². The molecule has 0 aliphatic rings. The van der Waals surface area contributed by atoms with Gasteiger partial charge in [0.15, 0.2) is 0 Å². The molecule has 0 aromatic carbocycles. The molecule has 1 rings (SSSR count). The highest BCUT2D eigenvalue weighted by atomic mass is 32.2. The Morgan fingerprint density at radius 2 is 2.38 bits per heavy atom.